The first kappa shape index (κ1) is 18.2. The Morgan fingerprint density at radius 3 is 2.26 bits per heavy atom. The maximum Gasteiger partial charge on any atom is 0.408 e. The van der Waals surface area contributed by atoms with Crippen molar-refractivity contribution in [3.8, 4) is 0 Å². The van der Waals surface area contributed by atoms with Crippen LogP contribution in [0.1, 0.15) is 24.4 Å². The molecule has 1 aliphatic heterocycles. The van der Waals surface area contributed by atoms with Crippen molar-refractivity contribution in [1.29, 1.82) is 0 Å². The predicted molar refractivity (Wildman–Crippen MR) is 75.7 cm³/mol. The molecule has 1 aromatic rings. The van der Waals surface area contributed by atoms with Crippen LogP contribution in [0.2, 0.25) is 0 Å². The van der Waals surface area contributed by atoms with Gasteiger partial charge in [0.05, 0.1) is 5.75 Å². The fourth-order valence-corrected chi connectivity index (χ4v) is 4.11. The summed E-state index contributed by atoms with van der Waals surface area (Å²) >= 11 is 0. The zero-order valence-electron chi connectivity index (χ0n) is 12.1. The van der Waals surface area contributed by atoms with Crippen LogP contribution in [-0.4, -0.2) is 33.6 Å². The molecule has 130 valence electrons. The summed E-state index contributed by atoms with van der Waals surface area (Å²) < 4.78 is 83.3. The Balaban J connectivity index is 2.15. The van der Waals surface area contributed by atoms with Gasteiger partial charge in [0.15, 0.2) is 0 Å². The van der Waals surface area contributed by atoms with Gasteiger partial charge in [0.2, 0.25) is 10.0 Å². The van der Waals surface area contributed by atoms with Gasteiger partial charge in [0.25, 0.3) is 0 Å². The van der Waals surface area contributed by atoms with E-state index in [1.165, 1.54) is 0 Å². The van der Waals surface area contributed by atoms with E-state index in [-0.39, 0.29) is 17.2 Å². The van der Waals surface area contributed by atoms with Crippen molar-refractivity contribution < 1.29 is 30.7 Å². The number of benzene rings is 1. The van der Waals surface area contributed by atoms with Crippen molar-refractivity contribution in [2.45, 2.75) is 25.1 Å². The van der Waals surface area contributed by atoms with E-state index >= 15 is 0 Å². The molecule has 1 N–H and O–H groups in total. The summed E-state index contributed by atoms with van der Waals surface area (Å²) in [5, 5.41) is 0. The molecule has 1 atom stereocenters. The van der Waals surface area contributed by atoms with Gasteiger partial charge < -0.3 is 4.74 Å². The van der Waals surface area contributed by atoms with E-state index in [1.54, 1.807) is 4.72 Å². The van der Waals surface area contributed by atoms with Crippen LogP contribution in [0, 0.1) is 11.7 Å². The normalized spacial score (nSPS) is 18.8. The van der Waals surface area contributed by atoms with Crippen LogP contribution < -0.4 is 4.72 Å². The number of sulfonamides is 1. The average Bonchev–Trinajstić information content (AvgIpc) is 2.45. The first-order valence-electron chi connectivity index (χ1n) is 7.07. The van der Waals surface area contributed by atoms with Crippen molar-refractivity contribution in [3.63, 3.8) is 0 Å². The lowest BCUT2D eigenvalue weighted by Crippen LogP contribution is -2.41. The fraction of sp³-hybridized carbons (Fsp3) is 0.571. The summed E-state index contributed by atoms with van der Waals surface area (Å²) in [6.07, 6.45) is -3.83. The topological polar surface area (TPSA) is 55.4 Å². The quantitative estimate of drug-likeness (QED) is 0.827. The van der Waals surface area contributed by atoms with Gasteiger partial charge in [-0.15, -0.1) is 0 Å². The molecule has 1 saturated heterocycles. The molecule has 23 heavy (non-hydrogen) atoms. The van der Waals surface area contributed by atoms with Gasteiger partial charge in [-0.2, -0.15) is 17.9 Å². The van der Waals surface area contributed by atoms with Crippen LogP contribution in [0.3, 0.4) is 0 Å². The van der Waals surface area contributed by atoms with Crippen LogP contribution in [0.5, 0.6) is 0 Å². The van der Waals surface area contributed by atoms with Gasteiger partial charge in [0, 0.05) is 13.2 Å². The predicted octanol–water partition coefficient (Wildman–Crippen LogP) is 2.78. The Morgan fingerprint density at radius 2 is 1.74 bits per heavy atom. The molecule has 0 saturated carbocycles. The van der Waals surface area contributed by atoms with E-state index in [1.807, 2.05) is 0 Å². The maximum absolute atomic E-state index is 13.2. The number of halogens is 4. The molecule has 2 rings (SSSR count). The second-order valence-electron chi connectivity index (χ2n) is 5.48. The SMILES string of the molecule is O=S(=O)(CC1CCOCC1)NC(c1ccc(F)cc1)C(F)(F)F. The molecule has 0 bridgehead atoms. The Kier molecular flexibility index (Phi) is 5.64. The summed E-state index contributed by atoms with van der Waals surface area (Å²) in [5.41, 5.74) is -0.352. The van der Waals surface area contributed by atoms with Gasteiger partial charge in [-0.25, -0.2) is 12.8 Å². The lowest BCUT2D eigenvalue weighted by Gasteiger charge is -2.25. The Bertz CT molecular complexity index is 610. The van der Waals surface area contributed by atoms with Crippen molar-refractivity contribution in [2.24, 2.45) is 5.92 Å². The number of rotatable bonds is 5. The smallest absolute Gasteiger partial charge is 0.381 e. The van der Waals surface area contributed by atoms with Crippen LogP contribution in [0.25, 0.3) is 0 Å². The minimum Gasteiger partial charge on any atom is -0.381 e. The van der Waals surface area contributed by atoms with Gasteiger partial charge in [-0.05, 0) is 36.5 Å². The molecule has 0 amide bonds. The van der Waals surface area contributed by atoms with Gasteiger partial charge in [0.1, 0.15) is 11.9 Å². The molecule has 0 radical (unpaired) electrons. The van der Waals surface area contributed by atoms with Crippen LogP contribution in [-0.2, 0) is 14.8 Å². The number of hydrogen-bond acceptors (Lipinski definition) is 3. The lowest BCUT2D eigenvalue weighted by molar-refractivity contribution is -0.153. The first-order valence-corrected chi connectivity index (χ1v) is 8.72. The van der Waals surface area contributed by atoms with Crippen molar-refractivity contribution in [1.82, 2.24) is 4.72 Å². The molecule has 1 heterocycles. The molecular weight excluding hydrogens is 338 g/mol. The van der Waals surface area contributed by atoms with Crippen LogP contribution in [0.15, 0.2) is 24.3 Å². The molecule has 0 spiro atoms. The highest BCUT2D eigenvalue weighted by molar-refractivity contribution is 7.89. The molecule has 4 nitrogen and oxygen atoms in total. The minimum absolute atomic E-state index is 0.233. The van der Waals surface area contributed by atoms with Crippen molar-refractivity contribution in [3.05, 3.63) is 35.6 Å². The Morgan fingerprint density at radius 1 is 1.17 bits per heavy atom. The summed E-state index contributed by atoms with van der Waals surface area (Å²) in [7, 11) is -4.14. The van der Waals surface area contributed by atoms with Crippen molar-refractivity contribution in [2.75, 3.05) is 19.0 Å². The molecule has 0 aliphatic carbocycles. The van der Waals surface area contributed by atoms with Gasteiger partial charge in [-0.3, -0.25) is 0 Å². The van der Waals surface area contributed by atoms with E-state index in [4.69, 9.17) is 4.74 Å². The molecular formula is C14H17F4NO3S. The summed E-state index contributed by atoms with van der Waals surface area (Å²) in [6, 6.07) is 1.17. The maximum atomic E-state index is 13.2. The molecule has 9 heteroatoms. The standard InChI is InChI=1S/C14H17F4NO3S/c15-12-3-1-11(2-4-12)13(14(16,17)18)19-23(20,21)9-10-5-7-22-8-6-10/h1-4,10,13,19H,5-9H2. The highest BCUT2D eigenvalue weighted by Crippen LogP contribution is 2.33. The third kappa shape index (κ3) is 5.43. The van der Waals surface area contributed by atoms with E-state index in [9.17, 15) is 26.0 Å². The Hall–Kier alpha value is -1.19. The summed E-state index contributed by atoms with van der Waals surface area (Å²) in [4.78, 5) is 0. The highest BCUT2D eigenvalue weighted by Gasteiger charge is 2.43. The number of alkyl halides is 3. The monoisotopic (exact) mass is 355 g/mol. The number of ether oxygens (including phenoxy) is 1. The number of hydrogen-bond donors (Lipinski definition) is 1. The minimum atomic E-state index is -4.82. The summed E-state index contributed by atoms with van der Waals surface area (Å²) in [6.45, 7) is 0.807. The second kappa shape index (κ2) is 7.14. The zero-order valence-corrected chi connectivity index (χ0v) is 13.0. The van der Waals surface area contributed by atoms with Gasteiger partial charge >= 0.3 is 6.18 Å². The lowest BCUT2D eigenvalue weighted by atomic mass is 10.0. The molecule has 1 unspecified atom stereocenters. The van der Waals surface area contributed by atoms with Crippen LogP contribution in [0.4, 0.5) is 17.6 Å². The van der Waals surface area contributed by atoms with Crippen molar-refractivity contribution >= 4 is 10.0 Å². The van der Waals surface area contributed by atoms with E-state index in [0.29, 0.717) is 26.1 Å². The molecule has 0 aromatic heterocycles. The summed E-state index contributed by atoms with van der Waals surface area (Å²) in [5.74, 6) is -1.31. The van der Waals surface area contributed by atoms with E-state index in [2.05, 4.69) is 0 Å². The fourth-order valence-electron chi connectivity index (χ4n) is 2.43. The van der Waals surface area contributed by atoms with E-state index < -0.39 is 28.1 Å². The third-order valence-electron chi connectivity index (χ3n) is 3.62. The molecule has 1 aliphatic rings. The average molecular weight is 355 g/mol. The van der Waals surface area contributed by atoms with Crippen LogP contribution >= 0.6 is 0 Å². The zero-order chi connectivity index (χ0) is 17.1. The van der Waals surface area contributed by atoms with E-state index in [0.717, 1.165) is 24.3 Å². The Labute approximate surface area is 131 Å². The molecule has 1 aromatic carbocycles. The second-order valence-corrected chi connectivity index (χ2v) is 7.28. The first-order chi connectivity index (χ1) is 10.7. The highest BCUT2D eigenvalue weighted by atomic mass is 32.2. The number of nitrogens with one attached hydrogen (secondary N) is 1. The van der Waals surface area contributed by atoms with Gasteiger partial charge in [-0.1, -0.05) is 12.1 Å². The molecule has 1 fully saturated rings. The third-order valence-corrected chi connectivity index (χ3v) is 5.13. The largest absolute Gasteiger partial charge is 0.408 e.